The summed E-state index contributed by atoms with van der Waals surface area (Å²) in [5, 5.41) is 6.71. The summed E-state index contributed by atoms with van der Waals surface area (Å²) in [6.45, 7) is 2.75. The van der Waals surface area contributed by atoms with Crippen LogP contribution in [0.25, 0.3) is 5.69 Å². The van der Waals surface area contributed by atoms with E-state index in [1.165, 1.54) is 24.3 Å². The first-order valence-electron chi connectivity index (χ1n) is 10.4. The zero-order valence-corrected chi connectivity index (χ0v) is 17.6. The molecule has 8 nitrogen and oxygen atoms in total. The third-order valence-corrected chi connectivity index (χ3v) is 5.28. The molecule has 0 bridgehead atoms. The minimum absolute atomic E-state index is 0.0327. The first-order valence-corrected chi connectivity index (χ1v) is 10.4. The van der Waals surface area contributed by atoms with Gasteiger partial charge in [-0.3, -0.25) is 14.2 Å². The van der Waals surface area contributed by atoms with E-state index in [9.17, 15) is 18.8 Å². The van der Waals surface area contributed by atoms with Gasteiger partial charge < -0.3 is 10.1 Å². The fourth-order valence-electron chi connectivity index (χ4n) is 3.64. The molecule has 1 aliphatic heterocycles. The minimum atomic E-state index is -0.792. The van der Waals surface area contributed by atoms with Crippen LogP contribution in [0.2, 0.25) is 0 Å². The smallest absolute Gasteiger partial charge is 0.352 e. The molecule has 0 spiro atoms. The minimum Gasteiger partial charge on any atom is -0.376 e. The summed E-state index contributed by atoms with van der Waals surface area (Å²) in [5.41, 5.74) is 0.00501. The van der Waals surface area contributed by atoms with Crippen molar-refractivity contribution in [1.82, 2.24) is 19.7 Å². The molecule has 166 valence electrons. The highest BCUT2D eigenvalue weighted by atomic mass is 19.1. The first kappa shape index (κ1) is 21.6. The van der Waals surface area contributed by atoms with E-state index in [1.54, 1.807) is 6.07 Å². The van der Waals surface area contributed by atoms with Crippen LogP contribution in [0.1, 0.15) is 34.5 Å². The van der Waals surface area contributed by atoms with Gasteiger partial charge in [0.2, 0.25) is 5.69 Å². The Morgan fingerprint density at radius 3 is 2.69 bits per heavy atom. The van der Waals surface area contributed by atoms with Gasteiger partial charge in [0.05, 0.1) is 18.3 Å². The molecule has 1 N–H and O–H groups in total. The van der Waals surface area contributed by atoms with Gasteiger partial charge in [0.25, 0.3) is 11.5 Å². The van der Waals surface area contributed by atoms with E-state index >= 15 is 0 Å². The average Bonchev–Trinajstić information content (AvgIpc) is 3.30. The molecule has 32 heavy (non-hydrogen) atoms. The van der Waals surface area contributed by atoms with E-state index in [0.717, 1.165) is 33.2 Å². The summed E-state index contributed by atoms with van der Waals surface area (Å²) >= 11 is 0. The van der Waals surface area contributed by atoms with Gasteiger partial charge in [-0.2, -0.15) is 9.78 Å². The molecule has 2 aromatic carbocycles. The fraction of sp³-hybridized carbons (Fsp3) is 0.304. The second-order valence-electron chi connectivity index (χ2n) is 7.74. The molecular formula is C23H23FN4O4. The third-order valence-electron chi connectivity index (χ3n) is 5.28. The molecule has 4 rings (SSSR count). The number of carbonyl (C=O) groups excluding carboxylic acids is 1. The lowest BCUT2D eigenvalue weighted by Gasteiger charge is -2.14. The van der Waals surface area contributed by atoms with Crippen molar-refractivity contribution in [2.24, 2.45) is 0 Å². The number of carbonyl (C=O) groups is 1. The molecule has 1 saturated heterocycles. The molecule has 1 unspecified atom stereocenters. The first-order chi connectivity index (χ1) is 15.4. The lowest BCUT2D eigenvalue weighted by atomic mass is 10.1. The van der Waals surface area contributed by atoms with E-state index in [4.69, 9.17) is 4.74 Å². The number of halogens is 1. The van der Waals surface area contributed by atoms with Crippen molar-refractivity contribution < 1.29 is 13.9 Å². The molecule has 0 saturated carbocycles. The van der Waals surface area contributed by atoms with Crippen LogP contribution in [-0.2, 0) is 11.3 Å². The van der Waals surface area contributed by atoms with Crippen LogP contribution >= 0.6 is 0 Å². The summed E-state index contributed by atoms with van der Waals surface area (Å²) in [4.78, 5) is 39.0. The Labute approximate surface area is 183 Å². The molecule has 1 amide bonds. The lowest BCUT2D eigenvalue weighted by molar-refractivity contribution is 0.0849. The van der Waals surface area contributed by atoms with Crippen molar-refractivity contribution in [3.8, 4) is 5.69 Å². The van der Waals surface area contributed by atoms with Gasteiger partial charge in [0.1, 0.15) is 5.82 Å². The van der Waals surface area contributed by atoms with Gasteiger partial charge in [-0.15, -0.1) is 0 Å². The Morgan fingerprint density at radius 2 is 2.00 bits per heavy atom. The van der Waals surface area contributed by atoms with Crippen LogP contribution in [0.3, 0.4) is 0 Å². The fourth-order valence-corrected chi connectivity index (χ4v) is 3.64. The highest BCUT2D eigenvalue weighted by Crippen LogP contribution is 2.11. The van der Waals surface area contributed by atoms with Gasteiger partial charge in [-0.1, -0.05) is 29.8 Å². The second-order valence-corrected chi connectivity index (χ2v) is 7.74. The van der Waals surface area contributed by atoms with E-state index in [1.807, 2.05) is 25.1 Å². The van der Waals surface area contributed by atoms with Crippen molar-refractivity contribution in [1.29, 1.82) is 0 Å². The van der Waals surface area contributed by atoms with Crippen LogP contribution in [0, 0.1) is 12.7 Å². The van der Waals surface area contributed by atoms with Crippen molar-refractivity contribution in [3.05, 3.63) is 92.0 Å². The number of aryl methyl sites for hydroxylation is 1. The van der Waals surface area contributed by atoms with Gasteiger partial charge >= 0.3 is 5.69 Å². The summed E-state index contributed by atoms with van der Waals surface area (Å²) in [6, 6.07) is 12.4. The van der Waals surface area contributed by atoms with E-state index in [2.05, 4.69) is 10.4 Å². The summed E-state index contributed by atoms with van der Waals surface area (Å²) in [5.74, 6) is -1.18. The van der Waals surface area contributed by atoms with Crippen molar-refractivity contribution in [2.45, 2.75) is 32.4 Å². The molecule has 2 heterocycles. The molecule has 9 heteroatoms. The molecule has 1 fully saturated rings. The molecule has 0 radical (unpaired) electrons. The van der Waals surface area contributed by atoms with Crippen LogP contribution in [0.5, 0.6) is 0 Å². The lowest BCUT2D eigenvalue weighted by Crippen LogP contribution is -2.46. The van der Waals surface area contributed by atoms with Crippen LogP contribution in [0.4, 0.5) is 4.39 Å². The van der Waals surface area contributed by atoms with E-state index < -0.39 is 28.7 Å². The molecule has 3 aromatic rings. The largest absolute Gasteiger partial charge is 0.376 e. The average molecular weight is 438 g/mol. The molecule has 0 aliphatic carbocycles. The monoisotopic (exact) mass is 438 g/mol. The normalized spacial score (nSPS) is 15.6. The van der Waals surface area contributed by atoms with Gasteiger partial charge in [-0.25, -0.2) is 9.18 Å². The number of nitrogens with one attached hydrogen (secondary N) is 1. The maximum atomic E-state index is 13.4. The standard InChI is InChI=1S/C23H23FN4O4/c1-15-4-2-5-16(12-15)14-27-22(30)20(21(29)25-13-19-6-3-11-32-19)26-28(23(27)31)18-9-7-17(24)8-10-18/h2,4-5,7-10,12,19H,3,6,11,13-14H2,1H3,(H,25,29). The number of hydrogen-bond acceptors (Lipinski definition) is 5. The zero-order valence-electron chi connectivity index (χ0n) is 17.6. The topological polar surface area (TPSA) is 95.2 Å². The number of nitrogens with zero attached hydrogens (tertiary/aromatic N) is 3. The number of rotatable bonds is 6. The third kappa shape index (κ3) is 4.67. The highest BCUT2D eigenvalue weighted by molar-refractivity contribution is 5.91. The van der Waals surface area contributed by atoms with Gasteiger partial charge in [0.15, 0.2) is 0 Å². The number of hydrogen-bond donors (Lipinski definition) is 1. The molecule has 1 aliphatic rings. The Hall–Kier alpha value is -3.59. The quantitative estimate of drug-likeness (QED) is 0.633. The number of benzene rings is 2. The summed E-state index contributed by atoms with van der Waals surface area (Å²) < 4.78 is 20.8. The van der Waals surface area contributed by atoms with E-state index in [-0.39, 0.29) is 24.9 Å². The zero-order chi connectivity index (χ0) is 22.7. The van der Waals surface area contributed by atoms with Crippen LogP contribution in [0.15, 0.2) is 58.1 Å². The summed E-state index contributed by atoms with van der Waals surface area (Å²) in [7, 11) is 0. The highest BCUT2D eigenvalue weighted by Gasteiger charge is 2.22. The van der Waals surface area contributed by atoms with Gasteiger partial charge in [-0.05, 0) is 49.6 Å². The Morgan fingerprint density at radius 1 is 1.22 bits per heavy atom. The Kier molecular flexibility index (Phi) is 6.27. The maximum Gasteiger partial charge on any atom is 0.352 e. The molecule has 1 aromatic heterocycles. The Balaban J connectivity index is 1.76. The van der Waals surface area contributed by atoms with Crippen molar-refractivity contribution in [3.63, 3.8) is 0 Å². The second kappa shape index (κ2) is 9.27. The predicted octanol–water partition coefficient (Wildman–Crippen LogP) is 1.80. The summed E-state index contributed by atoms with van der Waals surface area (Å²) in [6.07, 6.45) is 1.62. The predicted molar refractivity (Wildman–Crippen MR) is 116 cm³/mol. The van der Waals surface area contributed by atoms with Crippen molar-refractivity contribution >= 4 is 5.91 Å². The number of aromatic nitrogens is 3. The number of ether oxygens (including phenoxy) is 1. The molecular weight excluding hydrogens is 415 g/mol. The van der Waals surface area contributed by atoms with Crippen LogP contribution in [-0.4, -0.2) is 39.5 Å². The maximum absolute atomic E-state index is 13.4. The SMILES string of the molecule is Cc1cccc(Cn2c(=O)c(C(=O)NCC3CCCO3)nn(-c3ccc(F)cc3)c2=O)c1. The van der Waals surface area contributed by atoms with Crippen molar-refractivity contribution in [2.75, 3.05) is 13.2 Å². The number of amides is 1. The Bertz CT molecular complexity index is 1240. The van der Waals surface area contributed by atoms with Crippen LogP contribution < -0.4 is 16.6 Å². The van der Waals surface area contributed by atoms with E-state index in [0.29, 0.717) is 6.61 Å². The molecule has 1 atom stereocenters. The van der Waals surface area contributed by atoms with Gasteiger partial charge in [0, 0.05) is 13.2 Å².